The zero-order valence-electron chi connectivity index (χ0n) is 23.0. The number of fused-ring (bicyclic) bond motifs is 6. The molecule has 0 aliphatic heterocycles. The normalized spacial score (nSPS) is 11.7. The molecule has 4 aromatic heterocycles. The van der Waals surface area contributed by atoms with Crippen LogP contribution in [0.5, 0.6) is 0 Å². The Labute approximate surface area is 246 Å². The molecule has 5 aromatic carbocycles. The summed E-state index contributed by atoms with van der Waals surface area (Å²) in [4.78, 5) is 4.58. The van der Waals surface area contributed by atoms with Gasteiger partial charge in [0.25, 0.3) is 0 Å². The van der Waals surface area contributed by atoms with E-state index in [1.165, 1.54) is 21.5 Å². The van der Waals surface area contributed by atoms with Crippen molar-refractivity contribution < 1.29 is 0 Å². The fraction of sp³-hybridized carbons (Fsp3) is 0. The van der Waals surface area contributed by atoms with Crippen molar-refractivity contribution in [2.24, 2.45) is 0 Å². The smallest absolute Gasteiger partial charge is 0.180 e. The summed E-state index contributed by atoms with van der Waals surface area (Å²) in [6, 6.07) is 46.5. The molecular weight excluding hydrogens is 528 g/mol. The van der Waals surface area contributed by atoms with Gasteiger partial charge in [0, 0.05) is 39.0 Å². The molecule has 0 aliphatic carbocycles. The minimum absolute atomic E-state index is 0.779. The summed E-state index contributed by atoms with van der Waals surface area (Å²) >= 11 is 0. The van der Waals surface area contributed by atoms with E-state index in [2.05, 4.69) is 140 Å². The maximum absolute atomic E-state index is 4.65. The van der Waals surface area contributed by atoms with Crippen LogP contribution in [0.25, 0.3) is 72.1 Å². The second kappa shape index (κ2) is 9.26. The van der Waals surface area contributed by atoms with Crippen LogP contribution in [0.15, 0.2) is 146 Å². The van der Waals surface area contributed by atoms with Gasteiger partial charge >= 0.3 is 0 Å². The van der Waals surface area contributed by atoms with Crippen molar-refractivity contribution in [3.8, 4) is 28.5 Å². The third-order valence-electron chi connectivity index (χ3n) is 8.28. The summed E-state index contributed by atoms with van der Waals surface area (Å²) in [5, 5.41) is 14.0. The molecule has 0 unspecified atom stereocenters. The van der Waals surface area contributed by atoms with Gasteiger partial charge in [-0.15, -0.1) is 5.10 Å². The Morgan fingerprint density at radius 1 is 0.465 bits per heavy atom. The van der Waals surface area contributed by atoms with Crippen LogP contribution in [0.3, 0.4) is 0 Å². The lowest BCUT2D eigenvalue weighted by Gasteiger charge is -2.10. The highest BCUT2D eigenvalue weighted by molar-refractivity contribution is 6.10. The number of pyridine rings is 1. The van der Waals surface area contributed by atoms with Gasteiger partial charge in [-0.2, -0.15) is 0 Å². The van der Waals surface area contributed by atoms with Gasteiger partial charge in [-0.3, -0.25) is 9.55 Å². The average molecular weight is 553 g/mol. The molecule has 0 atom stereocenters. The fourth-order valence-corrected chi connectivity index (χ4v) is 6.37. The Kier molecular flexibility index (Phi) is 5.10. The molecule has 0 radical (unpaired) electrons. The van der Waals surface area contributed by atoms with E-state index in [0.717, 1.165) is 50.5 Å². The second-order valence-electron chi connectivity index (χ2n) is 10.7. The Morgan fingerprint density at radius 3 is 1.81 bits per heavy atom. The summed E-state index contributed by atoms with van der Waals surface area (Å²) in [5.74, 6) is 0.779. The first-order chi connectivity index (χ1) is 21.3. The van der Waals surface area contributed by atoms with Gasteiger partial charge in [0.2, 0.25) is 0 Å². The molecule has 0 saturated heterocycles. The Bertz CT molecular complexity index is 2410. The fourth-order valence-electron chi connectivity index (χ4n) is 6.37. The van der Waals surface area contributed by atoms with Crippen LogP contribution >= 0.6 is 0 Å². The molecule has 0 aliphatic rings. The average Bonchev–Trinajstić information content (AvgIpc) is 3.78. The number of aromatic nitrogens is 6. The molecule has 43 heavy (non-hydrogen) atoms. The van der Waals surface area contributed by atoms with E-state index in [9.17, 15) is 0 Å². The first-order valence-electron chi connectivity index (χ1n) is 14.3. The lowest BCUT2D eigenvalue weighted by Crippen LogP contribution is -1.98. The van der Waals surface area contributed by atoms with Crippen molar-refractivity contribution in [2.75, 3.05) is 0 Å². The lowest BCUT2D eigenvalue weighted by atomic mass is 10.1. The summed E-state index contributed by atoms with van der Waals surface area (Å²) < 4.78 is 6.38. The molecule has 0 bridgehead atoms. The van der Waals surface area contributed by atoms with Crippen LogP contribution in [0.4, 0.5) is 0 Å². The summed E-state index contributed by atoms with van der Waals surface area (Å²) in [6.45, 7) is 0. The van der Waals surface area contributed by atoms with Crippen LogP contribution in [0.2, 0.25) is 0 Å². The second-order valence-corrected chi connectivity index (χ2v) is 10.7. The number of nitrogens with zero attached hydrogens (tertiary/aromatic N) is 6. The van der Waals surface area contributed by atoms with Gasteiger partial charge in [-0.1, -0.05) is 84.1 Å². The van der Waals surface area contributed by atoms with Crippen molar-refractivity contribution in [2.45, 2.75) is 0 Å². The van der Waals surface area contributed by atoms with Crippen molar-refractivity contribution in [1.82, 2.24) is 29.1 Å². The van der Waals surface area contributed by atoms with Crippen molar-refractivity contribution in [3.63, 3.8) is 0 Å². The van der Waals surface area contributed by atoms with Gasteiger partial charge in [0.05, 0.1) is 39.6 Å². The standard InChI is InChI=1S/C37H24N6/c1-4-16-33-30(14-1)31-20-19-26(23-36(31)42(33)27-11-9-10-25(22-27)32-15-7-8-21-38-32)41-24-37(39-40-41)43-34-17-5-2-12-28(34)29-13-3-6-18-35(29)43/h1-24H. The summed E-state index contributed by atoms with van der Waals surface area (Å²) in [6.07, 6.45) is 3.84. The maximum Gasteiger partial charge on any atom is 0.180 e. The van der Waals surface area contributed by atoms with Crippen molar-refractivity contribution in [1.29, 1.82) is 0 Å². The van der Waals surface area contributed by atoms with Gasteiger partial charge < -0.3 is 4.57 Å². The van der Waals surface area contributed by atoms with Crippen LogP contribution < -0.4 is 0 Å². The molecule has 6 heteroatoms. The van der Waals surface area contributed by atoms with Crippen LogP contribution in [0.1, 0.15) is 0 Å². The van der Waals surface area contributed by atoms with Gasteiger partial charge in [-0.25, -0.2) is 4.68 Å². The zero-order valence-corrected chi connectivity index (χ0v) is 23.0. The summed E-state index contributed by atoms with van der Waals surface area (Å²) in [5.41, 5.74) is 8.52. The van der Waals surface area contributed by atoms with E-state index < -0.39 is 0 Å². The van der Waals surface area contributed by atoms with E-state index in [0.29, 0.717) is 0 Å². The molecule has 4 heterocycles. The maximum atomic E-state index is 4.65. The third-order valence-corrected chi connectivity index (χ3v) is 8.28. The Hall–Kier alpha value is -6.01. The Morgan fingerprint density at radius 2 is 1.12 bits per heavy atom. The van der Waals surface area contributed by atoms with Crippen molar-refractivity contribution >= 4 is 43.6 Å². The monoisotopic (exact) mass is 552 g/mol. The highest BCUT2D eigenvalue weighted by Gasteiger charge is 2.17. The van der Waals surface area contributed by atoms with Crippen molar-refractivity contribution in [3.05, 3.63) is 146 Å². The number of para-hydroxylation sites is 3. The number of hydrogen-bond donors (Lipinski definition) is 0. The van der Waals surface area contributed by atoms with Crippen LogP contribution in [-0.4, -0.2) is 29.1 Å². The molecule has 6 nitrogen and oxygen atoms in total. The third kappa shape index (κ3) is 3.63. The van der Waals surface area contributed by atoms with E-state index in [1.807, 2.05) is 35.3 Å². The van der Waals surface area contributed by atoms with Gasteiger partial charge in [0.1, 0.15) is 0 Å². The topological polar surface area (TPSA) is 53.5 Å². The van der Waals surface area contributed by atoms with Crippen LogP contribution in [-0.2, 0) is 0 Å². The van der Waals surface area contributed by atoms with Crippen LogP contribution in [0, 0.1) is 0 Å². The highest BCUT2D eigenvalue weighted by Crippen LogP contribution is 2.35. The molecule has 202 valence electrons. The zero-order chi connectivity index (χ0) is 28.3. The molecule has 0 amide bonds. The Balaban J connectivity index is 1.22. The van der Waals surface area contributed by atoms with E-state index in [1.54, 1.807) is 0 Å². The minimum Gasteiger partial charge on any atom is -0.309 e. The first kappa shape index (κ1) is 23.7. The number of hydrogen-bond acceptors (Lipinski definition) is 3. The first-order valence-corrected chi connectivity index (χ1v) is 14.3. The SMILES string of the molecule is c1ccc(-c2cccc(-n3c4ccccc4c4ccc(-n5cc(-n6c7ccccc7c7ccccc76)nn5)cc43)c2)nc1. The van der Waals surface area contributed by atoms with Gasteiger partial charge in [-0.05, 0) is 54.6 Å². The van der Waals surface area contributed by atoms with E-state index >= 15 is 0 Å². The molecule has 0 saturated carbocycles. The molecule has 0 N–H and O–H groups in total. The number of benzene rings is 5. The number of rotatable bonds is 4. The van der Waals surface area contributed by atoms with E-state index in [-0.39, 0.29) is 0 Å². The summed E-state index contributed by atoms with van der Waals surface area (Å²) in [7, 11) is 0. The molecule has 0 fully saturated rings. The quantitative estimate of drug-likeness (QED) is 0.220. The molecule has 9 rings (SSSR count). The molecule has 9 aromatic rings. The highest BCUT2D eigenvalue weighted by atomic mass is 15.4. The minimum atomic E-state index is 0.779. The lowest BCUT2D eigenvalue weighted by molar-refractivity contribution is 0.801. The largest absolute Gasteiger partial charge is 0.309 e. The predicted molar refractivity (Wildman–Crippen MR) is 173 cm³/mol. The molecular formula is C37H24N6. The molecule has 0 spiro atoms. The predicted octanol–water partition coefficient (Wildman–Crippen LogP) is 8.52. The van der Waals surface area contributed by atoms with E-state index in [4.69, 9.17) is 0 Å². The van der Waals surface area contributed by atoms with Gasteiger partial charge in [0.15, 0.2) is 5.82 Å².